The van der Waals surface area contributed by atoms with E-state index in [0.717, 1.165) is 5.56 Å². The number of aryl methyl sites for hydroxylation is 1. The molecule has 6 nitrogen and oxygen atoms in total. The quantitative estimate of drug-likeness (QED) is 0.317. The van der Waals surface area contributed by atoms with Crippen LogP contribution in [-0.4, -0.2) is 12.9 Å². The second-order valence-corrected chi connectivity index (χ2v) is 7.63. The normalized spacial score (nSPS) is 11.1. The SMILES string of the molecule is COc1c2ccoc2c(OCc2ccc(C(=O)c3ccccc3)cc2)c2oc(C)cc(=O)c12. The molecule has 5 aromatic rings. The lowest BCUT2D eigenvalue weighted by Gasteiger charge is -2.13. The number of carbonyl (C=O) groups is 1. The highest BCUT2D eigenvalue weighted by atomic mass is 16.5. The first kappa shape index (κ1) is 20.6. The zero-order valence-electron chi connectivity index (χ0n) is 18.1. The second kappa shape index (κ2) is 8.31. The van der Waals surface area contributed by atoms with Crippen molar-refractivity contribution in [2.45, 2.75) is 13.5 Å². The Bertz CT molecular complexity index is 1530. The van der Waals surface area contributed by atoms with Crippen LogP contribution in [-0.2, 0) is 6.61 Å². The van der Waals surface area contributed by atoms with E-state index >= 15 is 0 Å². The fourth-order valence-corrected chi connectivity index (χ4v) is 3.89. The number of hydrogen-bond acceptors (Lipinski definition) is 6. The van der Waals surface area contributed by atoms with E-state index in [1.165, 1.54) is 19.4 Å². The van der Waals surface area contributed by atoms with Gasteiger partial charge in [-0.1, -0.05) is 54.6 Å². The van der Waals surface area contributed by atoms with Crippen LogP contribution < -0.4 is 14.9 Å². The molecule has 164 valence electrons. The molecule has 2 heterocycles. The van der Waals surface area contributed by atoms with Gasteiger partial charge in [-0.15, -0.1) is 0 Å². The van der Waals surface area contributed by atoms with Gasteiger partial charge in [-0.2, -0.15) is 0 Å². The minimum absolute atomic E-state index is 0.0428. The zero-order valence-corrected chi connectivity index (χ0v) is 18.1. The van der Waals surface area contributed by atoms with Crippen molar-refractivity contribution in [3.05, 3.63) is 106 Å². The third-order valence-electron chi connectivity index (χ3n) is 5.46. The van der Waals surface area contributed by atoms with E-state index in [0.29, 0.717) is 44.7 Å². The summed E-state index contributed by atoms with van der Waals surface area (Å²) in [5.74, 6) is 1.13. The van der Waals surface area contributed by atoms with E-state index in [1.54, 1.807) is 37.3 Å². The van der Waals surface area contributed by atoms with Crippen molar-refractivity contribution in [1.82, 2.24) is 0 Å². The first-order chi connectivity index (χ1) is 16.1. The van der Waals surface area contributed by atoms with Gasteiger partial charge in [0.05, 0.1) is 18.8 Å². The largest absolute Gasteiger partial charge is 0.495 e. The van der Waals surface area contributed by atoms with Crippen LogP contribution in [0.25, 0.3) is 21.9 Å². The number of rotatable bonds is 6. The molecule has 0 aliphatic carbocycles. The Morgan fingerprint density at radius 2 is 1.64 bits per heavy atom. The maximum atomic E-state index is 12.7. The van der Waals surface area contributed by atoms with Gasteiger partial charge in [-0.25, -0.2) is 0 Å². The van der Waals surface area contributed by atoms with Crippen molar-refractivity contribution in [2.75, 3.05) is 7.11 Å². The van der Waals surface area contributed by atoms with Crippen LogP contribution in [0.15, 0.2) is 86.6 Å². The Labute approximate surface area is 189 Å². The summed E-state index contributed by atoms with van der Waals surface area (Å²) in [5.41, 5.74) is 2.56. The maximum absolute atomic E-state index is 12.7. The van der Waals surface area contributed by atoms with Gasteiger partial charge in [0, 0.05) is 17.2 Å². The predicted octanol–water partition coefficient (Wildman–Crippen LogP) is 5.67. The summed E-state index contributed by atoms with van der Waals surface area (Å²) >= 11 is 0. The standard InChI is InChI=1S/C27H20O6/c1-16-14-21(28)22-24(30-2)20-12-13-31-25(20)27(26(22)33-16)32-15-17-8-10-19(11-9-17)23(29)18-6-4-3-5-7-18/h3-14H,15H2,1-2H3. The number of fused-ring (bicyclic) bond motifs is 2. The first-order valence-electron chi connectivity index (χ1n) is 10.4. The third-order valence-corrected chi connectivity index (χ3v) is 5.46. The molecule has 0 saturated heterocycles. The summed E-state index contributed by atoms with van der Waals surface area (Å²) in [6.07, 6.45) is 1.51. The molecule has 6 heteroatoms. The number of hydrogen-bond donors (Lipinski definition) is 0. The molecule has 33 heavy (non-hydrogen) atoms. The van der Waals surface area contributed by atoms with E-state index < -0.39 is 0 Å². The van der Waals surface area contributed by atoms with Crippen LogP contribution in [0, 0.1) is 6.92 Å². The van der Waals surface area contributed by atoms with Crippen molar-refractivity contribution < 1.29 is 23.1 Å². The van der Waals surface area contributed by atoms with Crippen LogP contribution in [0.4, 0.5) is 0 Å². The Morgan fingerprint density at radius 3 is 2.36 bits per heavy atom. The van der Waals surface area contributed by atoms with Crippen LogP contribution in [0.2, 0.25) is 0 Å². The topological polar surface area (TPSA) is 78.9 Å². The molecule has 5 rings (SSSR count). The molecule has 0 bridgehead atoms. The first-order valence-corrected chi connectivity index (χ1v) is 10.4. The summed E-state index contributed by atoms with van der Waals surface area (Å²) < 4.78 is 23.1. The molecule has 0 spiro atoms. The van der Waals surface area contributed by atoms with Crippen LogP contribution in [0.1, 0.15) is 27.2 Å². The molecular weight excluding hydrogens is 420 g/mol. The van der Waals surface area contributed by atoms with Crippen molar-refractivity contribution >= 4 is 27.7 Å². The van der Waals surface area contributed by atoms with E-state index in [4.69, 9.17) is 18.3 Å². The summed E-state index contributed by atoms with van der Waals surface area (Å²) in [4.78, 5) is 25.4. The molecule has 0 amide bonds. The monoisotopic (exact) mass is 440 g/mol. The summed E-state index contributed by atoms with van der Waals surface area (Å²) in [5, 5.41) is 0.927. The molecule has 0 fully saturated rings. The van der Waals surface area contributed by atoms with Crippen molar-refractivity contribution in [2.24, 2.45) is 0 Å². The highest BCUT2D eigenvalue weighted by molar-refractivity contribution is 6.09. The molecule has 0 atom stereocenters. The fourth-order valence-electron chi connectivity index (χ4n) is 3.89. The summed E-state index contributed by atoms with van der Waals surface area (Å²) in [6, 6.07) is 19.5. The molecule has 0 saturated carbocycles. The van der Waals surface area contributed by atoms with E-state index in [9.17, 15) is 9.59 Å². The number of ketones is 1. The van der Waals surface area contributed by atoms with Crippen LogP contribution >= 0.6 is 0 Å². The molecule has 0 aliphatic rings. The van der Waals surface area contributed by atoms with Crippen molar-refractivity contribution in [3.8, 4) is 11.5 Å². The van der Waals surface area contributed by atoms with Crippen LogP contribution in [0.5, 0.6) is 11.5 Å². The molecule has 3 aromatic carbocycles. The Hall–Kier alpha value is -4.32. The summed E-state index contributed by atoms with van der Waals surface area (Å²) in [7, 11) is 1.50. The van der Waals surface area contributed by atoms with Gasteiger partial charge in [0.1, 0.15) is 23.5 Å². The van der Waals surface area contributed by atoms with E-state index in [2.05, 4.69) is 0 Å². The van der Waals surface area contributed by atoms with Gasteiger partial charge < -0.3 is 18.3 Å². The number of benzene rings is 3. The molecule has 0 radical (unpaired) electrons. The zero-order chi connectivity index (χ0) is 22.9. The second-order valence-electron chi connectivity index (χ2n) is 7.63. The average Bonchev–Trinajstić information content (AvgIpc) is 3.32. The Balaban J connectivity index is 1.49. The molecular formula is C27H20O6. The number of carbonyl (C=O) groups excluding carboxylic acids is 1. The fraction of sp³-hybridized carbons (Fsp3) is 0.111. The number of methoxy groups -OCH3 is 1. The highest BCUT2D eigenvalue weighted by Crippen LogP contribution is 2.42. The van der Waals surface area contributed by atoms with Gasteiger partial charge >= 0.3 is 0 Å². The van der Waals surface area contributed by atoms with Gasteiger partial charge in [-0.05, 0) is 18.6 Å². The third kappa shape index (κ3) is 3.65. The van der Waals surface area contributed by atoms with E-state index in [-0.39, 0.29) is 23.4 Å². The molecule has 2 aromatic heterocycles. The van der Waals surface area contributed by atoms with Gasteiger partial charge in [0.15, 0.2) is 22.4 Å². The summed E-state index contributed by atoms with van der Waals surface area (Å²) in [6.45, 7) is 1.89. The number of ether oxygens (including phenoxy) is 2. The Morgan fingerprint density at radius 1 is 0.909 bits per heavy atom. The molecule has 0 unspecified atom stereocenters. The van der Waals surface area contributed by atoms with Gasteiger partial charge in [0.2, 0.25) is 5.75 Å². The van der Waals surface area contributed by atoms with Gasteiger partial charge in [-0.3, -0.25) is 9.59 Å². The number of furan rings is 1. The molecule has 0 N–H and O–H groups in total. The molecule has 0 aliphatic heterocycles. The Kier molecular flexibility index (Phi) is 5.18. The minimum Gasteiger partial charge on any atom is -0.495 e. The highest BCUT2D eigenvalue weighted by Gasteiger charge is 2.23. The smallest absolute Gasteiger partial charge is 0.206 e. The van der Waals surface area contributed by atoms with Crippen molar-refractivity contribution in [3.63, 3.8) is 0 Å². The lowest BCUT2D eigenvalue weighted by molar-refractivity contribution is 0.103. The lowest BCUT2D eigenvalue weighted by Crippen LogP contribution is -2.06. The average molecular weight is 440 g/mol. The maximum Gasteiger partial charge on any atom is 0.206 e. The van der Waals surface area contributed by atoms with E-state index in [1.807, 2.05) is 30.3 Å². The van der Waals surface area contributed by atoms with Crippen LogP contribution in [0.3, 0.4) is 0 Å². The lowest BCUT2D eigenvalue weighted by atomic mass is 10.0. The van der Waals surface area contributed by atoms with Gasteiger partial charge in [0.25, 0.3) is 0 Å². The van der Waals surface area contributed by atoms with Crippen molar-refractivity contribution in [1.29, 1.82) is 0 Å². The minimum atomic E-state index is -0.220. The predicted molar refractivity (Wildman–Crippen MR) is 124 cm³/mol.